The number of hydrogen-bond acceptors (Lipinski definition) is 13. The SMILES string of the molecule is CC/C=C\C/C=C\C/C=C\C/C=C\C/C=C\C/C=C\CCCCCCCCCCCCCCCCCCC(=O)NC(COC1OC(CO)C(OC2OC(CO)C(O)C(O)C2O)C(O)C1O)C(O)/C=C/CC/C=C/CC/C=C/CCCCCCCCC. The summed E-state index contributed by atoms with van der Waals surface area (Å²) in [6.45, 7) is 2.65. The van der Waals surface area contributed by atoms with Crippen molar-refractivity contribution < 1.29 is 64.6 Å². The van der Waals surface area contributed by atoms with Gasteiger partial charge in [-0.2, -0.15) is 0 Å². The van der Waals surface area contributed by atoms with Crippen LogP contribution in [0.25, 0.3) is 0 Å². The fourth-order valence-electron chi connectivity index (χ4n) is 10.5. The Bertz CT molecular complexity index is 1860. The van der Waals surface area contributed by atoms with Crippen LogP contribution < -0.4 is 5.32 Å². The van der Waals surface area contributed by atoms with Gasteiger partial charge in [0, 0.05) is 6.42 Å². The van der Waals surface area contributed by atoms with Crippen LogP contribution in [0.1, 0.15) is 245 Å². The van der Waals surface area contributed by atoms with E-state index in [0.29, 0.717) is 12.8 Å². The minimum atomic E-state index is -1.80. The Balaban J connectivity index is 1.65. The molecule has 2 rings (SSSR count). The number of amides is 1. The summed E-state index contributed by atoms with van der Waals surface area (Å²) in [5, 5.41) is 87.3. The minimum Gasteiger partial charge on any atom is -0.394 e. The first-order valence-electron chi connectivity index (χ1n) is 34.1. The van der Waals surface area contributed by atoms with E-state index in [2.05, 4.69) is 116 Å². The van der Waals surface area contributed by atoms with Crippen LogP contribution in [0.3, 0.4) is 0 Å². The molecule has 2 aliphatic rings. The van der Waals surface area contributed by atoms with E-state index < -0.39 is 86.8 Å². The smallest absolute Gasteiger partial charge is 0.220 e. The molecule has 1 amide bonds. The molecular weight excluding hydrogens is 1090 g/mol. The Morgan fingerprint density at radius 3 is 1.28 bits per heavy atom. The molecule has 0 aromatic heterocycles. The fourth-order valence-corrected chi connectivity index (χ4v) is 10.5. The van der Waals surface area contributed by atoms with Gasteiger partial charge in [0.05, 0.1) is 32.0 Å². The van der Waals surface area contributed by atoms with Crippen molar-refractivity contribution in [3.8, 4) is 0 Å². The molecule has 12 atom stereocenters. The van der Waals surface area contributed by atoms with Crippen LogP contribution in [0, 0.1) is 0 Å². The van der Waals surface area contributed by atoms with E-state index in [0.717, 1.165) is 83.5 Å². The van der Waals surface area contributed by atoms with Crippen LogP contribution in [0.2, 0.25) is 0 Å². The van der Waals surface area contributed by atoms with Gasteiger partial charge in [-0.1, -0.05) is 252 Å². The second kappa shape index (κ2) is 55.7. The number of allylic oxidation sites excluding steroid dienone is 17. The normalized spacial score (nSPS) is 24.1. The lowest BCUT2D eigenvalue weighted by molar-refractivity contribution is -0.359. The van der Waals surface area contributed by atoms with E-state index in [1.165, 1.54) is 128 Å². The maximum Gasteiger partial charge on any atom is 0.220 e. The molecule has 9 N–H and O–H groups in total. The van der Waals surface area contributed by atoms with Gasteiger partial charge in [-0.05, 0) is 96.3 Å². The molecule has 2 fully saturated rings. The molecule has 0 aromatic carbocycles. The average Bonchev–Trinajstić information content (AvgIpc) is 2.46. The Morgan fingerprint density at radius 2 is 0.814 bits per heavy atom. The van der Waals surface area contributed by atoms with Gasteiger partial charge in [0.25, 0.3) is 0 Å². The van der Waals surface area contributed by atoms with E-state index in [-0.39, 0.29) is 18.9 Å². The van der Waals surface area contributed by atoms with Crippen LogP contribution in [-0.4, -0.2) is 140 Å². The number of ether oxygens (including phenoxy) is 4. The summed E-state index contributed by atoms with van der Waals surface area (Å²) >= 11 is 0. The van der Waals surface area contributed by atoms with Crippen molar-refractivity contribution in [2.24, 2.45) is 0 Å². The zero-order valence-corrected chi connectivity index (χ0v) is 53.5. The lowest BCUT2D eigenvalue weighted by atomic mass is 9.97. The summed E-state index contributed by atoms with van der Waals surface area (Å²) in [5.41, 5.74) is 0. The zero-order valence-electron chi connectivity index (χ0n) is 53.5. The molecule has 0 spiro atoms. The Hall–Kier alpha value is -3.35. The molecule has 12 unspecified atom stereocenters. The summed E-state index contributed by atoms with van der Waals surface area (Å²) < 4.78 is 22.8. The molecule has 494 valence electrons. The summed E-state index contributed by atoms with van der Waals surface area (Å²) in [6.07, 6.45) is 62.9. The summed E-state index contributed by atoms with van der Waals surface area (Å²) in [5.74, 6) is -0.256. The largest absolute Gasteiger partial charge is 0.394 e. The van der Waals surface area contributed by atoms with Gasteiger partial charge < -0.3 is 65.1 Å². The van der Waals surface area contributed by atoms with Crippen LogP contribution in [-0.2, 0) is 23.7 Å². The van der Waals surface area contributed by atoms with Crippen molar-refractivity contribution in [3.63, 3.8) is 0 Å². The van der Waals surface area contributed by atoms with Gasteiger partial charge in [0.1, 0.15) is 48.8 Å². The highest BCUT2D eigenvalue weighted by atomic mass is 16.7. The molecular formula is C72H123NO13. The molecule has 14 heteroatoms. The van der Waals surface area contributed by atoms with Gasteiger partial charge in [0.15, 0.2) is 12.6 Å². The fraction of sp³-hybridized carbons (Fsp3) is 0.736. The molecule has 0 radical (unpaired) electrons. The number of aliphatic hydroxyl groups excluding tert-OH is 8. The summed E-state index contributed by atoms with van der Waals surface area (Å²) in [6, 6.07) is -0.944. The highest BCUT2D eigenvalue weighted by molar-refractivity contribution is 5.76. The molecule has 2 aliphatic heterocycles. The number of carbonyl (C=O) groups is 1. The number of unbranched alkanes of at least 4 members (excludes halogenated alkanes) is 25. The van der Waals surface area contributed by atoms with Crippen molar-refractivity contribution in [3.05, 3.63) is 109 Å². The molecule has 2 saturated heterocycles. The molecule has 0 aromatic rings. The average molecular weight is 1210 g/mol. The van der Waals surface area contributed by atoms with Gasteiger partial charge in [-0.15, -0.1) is 0 Å². The first kappa shape index (κ1) is 78.7. The number of nitrogens with one attached hydrogen (secondary N) is 1. The second-order valence-electron chi connectivity index (χ2n) is 23.5. The van der Waals surface area contributed by atoms with Crippen LogP contribution in [0.4, 0.5) is 0 Å². The van der Waals surface area contributed by atoms with Crippen molar-refractivity contribution in [1.29, 1.82) is 0 Å². The molecule has 86 heavy (non-hydrogen) atoms. The maximum absolute atomic E-state index is 13.3. The van der Waals surface area contributed by atoms with Crippen molar-refractivity contribution in [2.75, 3.05) is 19.8 Å². The monoisotopic (exact) mass is 1210 g/mol. The van der Waals surface area contributed by atoms with Crippen LogP contribution >= 0.6 is 0 Å². The molecule has 0 bridgehead atoms. The number of aliphatic hydroxyl groups is 8. The Labute approximate surface area is 521 Å². The van der Waals surface area contributed by atoms with E-state index in [1.54, 1.807) is 6.08 Å². The third-order valence-corrected chi connectivity index (χ3v) is 15.9. The third-order valence-electron chi connectivity index (χ3n) is 15.9. The topological polar surface area (TPSA) is 228 Å². The molecule has 14 nitrogen and oxygen atoms in total. The number of carbonyl (C=O) groups excluding carboxylic acids is 1. The van der Waals surface area contributed by atoms with Crippen molar-refractivity contribution >= 4 is 5.91 Å². The van der Waals surface area contributed by atoms with E-state index in [4.69, 9.17) is 18.9 Å². The van der Waals surface area contributed by atoms with Crippen LogP contribution in [0.15, 0.2) is 109 Å². The quantitative estimate of drug-likeness (QED) is 0.0204. The lowest BCUT2D eigenvalue weighted by Crippen LogP contribution is -2.65. The first-order valence-corrected chi connectivity index (χ1v) is 34.1. The molecule has 2 heterocycles. The number of rotatable bonds is 54. The van der Waals surface area contributed by atoms with Gasteiger partial charge in [-0.25, -0.2) is 0 Å². The van der Waals surface area contributed by atoms with Crippen LogP contribution in [0.5, 0.6) is 0 Å². The zero-order chi connectivity index (χ0) is 62.3. The molecule has 0 saturated carbocycles. The van der Waals surface area contributed by atoms with Gasteiger partial charge >= 0.3 is 0 Å². The van der Waals surface area contributed by atoms with Gasteiger partial charge in [0.2, 0.25) is 5.91 Å². The predicted octanol–water partition coefficient (Wildman–Crippen LogP) is 13.6. The Morgan fingerprint density at radius 1 is 0.430 bits per heavy atom. The van der Waals surface area contributed by atoms with E-state index in [9.17, 15) is 45.6 Å². The molecule has 0 aliphatic carbocycles. The van der Waals surface area contributed by atoms with Gasteiger partial charge in [-0.3, -0.25) is 4.79 Å². The Kier molecular flexibility index (Phi) is 51.0. The highest BCUT2D eigenvalue weighted by Crippen LogP contribution is 2.30. The van der Waals surface area contributed by atoms with E-state index in [1.807, 2.05) is 6.08 Å². The first-order chi connectivity index (χ1) is 42.1. The third kappa shape index (κ3) is 39.6. The van der Waals surface area contributed by atoms with Crippen molar-refractivity contribution in [1.82, 2.24) is 5.32 Å². The van der Waals surface area contributed by atoms with E-state index >= 15 is 0 Å². The van der Waals surface area contributed by atoms with Crippen molar-refractivity contribution in [2.45, 2.75) is 319 Å². The second-order valence-corrected chi connectivity index (χ2v) is 23.5. The summed E-state index contributed by atoms with van der Waals surface area (Å²) in [4.78, 5) is 13.3. The minimum absolute atomic E-state index is 0.256. The highest BCUT2D eigenvalue weighted by Gasteiger charge is 2.51. The standard InChI is InChI=1S/C72H123NO13/c1-3-5-7-9-11-13-15-17-19-21-22-23-24-25-26-27-28-29-30-31-32-33-34-35-36-37-38-40-42-44-46-48-50-52-54-56-64(77)73-60(61(76)55-53-51-49-47-45-43-41-39-20-18-16-14-12-10-8-6-4-2)59-83-71-69(82)67(80)70(63(58-75)85-71)86-72-68(81)66(79)65(78)62(57-74)84-72/h5,7,11,13,17,19-20,22-23,25-26,28-29,39,45,47,53,55,60-63,65-72,74-76,78-82H,3-4,6,8-10,12,14-16,18,21,24,27,30-38,40-44,46,48-52,54,56-59H2,1-2H3,(H,73,77)/b7-5-,13-11-,19-17-,23-22-,26-25-,29-28-,39-20+,47-45+,55-53+. The lowest BCUT2D eigenvalue weighted by Gasteiger charge is -2.46. The summed E-state index contributed by atoms with van der Waals surface area (Å²) in [7, 11) is 0. The number of hydrogen-bond donors (Lipinski definition) is 9. The predicted molar refractivity (Wildman–Crippen MR) is 350 cm³/mol. The maximum atomic E-state index is 13.3.